The van der Waals surface area contributed by atoms with E-state index in [0.29, 0.717) is 0 Å². The molecule has 6 heteroatoms. The largest absolute Gasteiger partial charge is 0.159 e. The fraction of sp³-hybridized carbons (Fsp3) is 0.200. The lowest BCUT2D eigenvalue weighted by atomic mass is 10.0. The van der Waals surface area contributed by atoms with Crippen molar-refractivity contribution in [3.8, 4) is 0 Å². The van der Waals surface area contributed by atoms with E-state index >= 15 is 0 Å². The first-order valence-electron chi connectivity index (χ1n) is 5.98. The standard InChI is InChI=1S/C15H10Br6/c16-14(17,18)12-5-1-10(2-6-12)9-11-3-7-13(8-4-11)15(19,20)21/h1-8H,9H2. The molecule has 0 unspecified atom stereocenters. The van der Waals surface area contributed by atoms with Crippen LogP contribution in [-0.2, 0) is 10.7 Å². The molecule has 2 aromatic rings. The van der Waals surface area contributed by atoms with Gasteiger partial charge in [0, 0.05) is 0 Å². The zero-order valence-electron chi connectivity index (χ0n) is 10.6. The monoisotopic (exact) mass is 664 g/mol. The SMILES string of the molecule is BrC(Br)(Br)c1ccc(Cc2ccc(C(Br)(Br)Br)cc2)cc1. The molecule has 112 valence electrons. The summed E-state index contributed by atoms with van der Waals surface area (Å²) in [6, 6.07) is 17.0. The summed E-state index contributed by atoms with van der Waals surface area (Å²) >= 11 is 21.1. The van der Waals surface area contributed by atoms with Crippen LogP contribution in [0.5, 0.6) is 0 Å². The van der Waals surface area contributed by atoms with Gasteiger partial charge in [0.2, 0.25) is 0 Å². The fourth-order valence-corrected chi connectivity index (χ4v) is 3.44. The minimum Gasteiger partial charge on any atom is -0.0583 e. The molecular formula is C15H10Br6. The summed E-state index contributed by atoms with van der Waals surface area (Å²) in [4.78, 5) is 0. The summed E-state index contributed by atoms with van der Waals surface area (Å²) in [7, 11) is 0. The van der Waals surface area contributed by atoms with Gasteiger partial charge in [-0.2, -0.15) is 0 Å². The van der Waals surface area contributed by atoms with Crippen LogP contribution in [0.25, 0.3) is 0 Å². The molecule has 0 saturated heterocycles. The number of alkyl halides is 6. The highest BCUT2D eigenvalue weighted by molar-refractivity contribution is 9.39. The van der Waals surface area contributed by atoms with Gasteiger partial charge in [-0.05, 0) is 28.7 Å². The molecule has 0 bridgehead atoms. The molecule has 0 spiro atoms. The Bertz CT molecular complexity index is 535. The highest BCUT2D eigenvalue weighted by atomic mass is 80.0. The van der Waals surface area contributed by atoms with Crippen molar-refractivity contribution in [1.82, 2.24) is 0 Å². The average Bonchev–Trinajstić information content (AvgIpc) is 2.38. The van der Waals surface area contributed by atoms with Crippen LogP contribution < -0.4 is 0 Å². The molecule has 0 N–H and O–H groups in total. The van der Waals surface area contributed by atoms with Crippen molar-refractivity contribution in [1.29, 1.82) is 0 Å². The molecule has 0 nitrogen and oxygen atoms in total. The molecular weight excluding hydrogens is 660 g/mol. The van der Waals surface area contributed by atoms with Gasteiger partial charge in [-0.25, -0.2) is 0 Å². The Kier molecular flexibility index (Phi) is 6.64. The van der Waals surface area contributed by atoms with E-state index in [1.165, 1.54) is 11.1 Å². The van der Waals surface area contributed by atoms with Crippen molar-refractivity contribution in [2.24, 2.45) is 0 Å². The van der Waals surface area contributed by atoms with E-state index in [-0.39, 0.29) is 4.29 Å². The third-order valence-corrected chi connectivity index (χ3v) is 5.72. The Labute approximate surface area is 175 Å². The van der Waals surface area contributed by atoms with Crippen molar-refractivity contribution in [2.45, 2.75) is 10.7 Å². The zero-order chi connectivity index (χ0) is 15.7. The van der Waals surface area contributed by atoms with Gasteiger partial charge in [-0.1, -0.05) is 144 Å². The third kappa shape index (κ3) is 5.71. The number of benzene rings is 2. The summed E-state index contributed by atoms with van der Waals surface area (Å²) in [5, 5.41) is 0. The van der Waals surface area contributed by atoms with Crippen LogP contribution in [0.15, 0.2) is 48.5 Å². The van der Waals surface area contributed by atoms with Gasteiger partial charge in [0.05, 0.1) is 0 Å². The first-order chi connectivity index (χ1) is 9.66. The predicted molar refractivity (Wildman–Crippen MR) is 113 cm³/mol. The minimum atomic E-state index is -0.349. The number of rotatable bonds is 2. The highest BCUT2D eigenvalue weighted by Crippen LogP contribution is 2.45. The summed E-state index contributed by atoms with van der Waals surface area (Å²) in [5.74, 6) is 0. The van der Waals surface area contributed by atoms with Crippen LogP contribution in [0, 0.1) is 0 Å². The molecule has 0 aromatic heterocycles. The zero-order valence-corrected chi connectivity index (χ0v) is 20.1. The van der Waals surface area contributed by atoms with Crippen LogP contribution in [0.3, 0.4) is 0 Å². The van der Waals surface area contributed by atoms with Crippen LogP contribution in [0.2, 0.25) is 0 Å². The molecule has 0 atom stereocenters. The highest BCUT2D eigenvalue weighted by Gasteiger charge is 2.21. The summed E-state index contributed by atoms with van der Waals surface area (Å²) in [6.07, 6.45) is 0.917. The van der Waals surface area contributed by atoms with E-state index in [2.05, 4.69) is 144 Å². The Morgan fingerprint density at radius 1 is 0.524 bits per heavy atom. The second-order valence-corrected chi connectivity index (χ2v) is 18.1. The van der Waals surface area contributed by atoms with Gasteiger partial charge >= 0.3 is 0 Å². The Morgan fingerprint density at radius 2 is 0.810 bits per heavy atom. The maximum atomic E-state index is 3.52. The molecule has 2 rings (SSSR count). The molecule has 0 aliphatic rings. The van der Waals surface area contributed by atoms with E-state index in [1.807, 2.05) is 0 Å². The van der Waals surface area contributed by atoms with Crippen molar-refractivity contribution >= 4 is 95.6 Å². The van der Waals surface area contributed by atoms with Gasteiger partial charge in [-0.3, -0.25) is 0 Å². The van der Waals surface area contributed by atoms with Crippen molar-refractivity contribution in [3.63, 3.8) is 0 Å². The fourth-order valence-electron chi connectivity index (χ4n) is 1.86. The summed E-state index contributed by atoms with van der Waals surface area (Å²) in [5.41, 5.74) is 4.82. The van der Waals surface area contributed by atoms with Crippen LogP contribution in [-0.4, -0.2) is 0 Å². The first kappa shape index (κ1) is 18.7. The molecule has 2 aromatic carbocycles. The molecule has 0 aliphatic carbocycles. The molecule has 0 fully saturated rings. The number of hydrogen-bond acceptors (Lipinski definition) is 0. The van der Waals surface area contributed by atoms with E-state index in [4.69, 9.17) is 0 Å². The quantitative estimate of drug-likeness (QED) is 0.286. The maximum Gasteiger partial charge on any atom is 0.159 e. The lowest BCUT2D eigenvalue weighted by Gasteiger charge is -2.14. The van der Waals surface area contributed by atoms with Gasteiger partial charge in [-0.15, -0.1) is 0 Å². The Balaban J connectivity index is 2.12. The van der Waals surface area contributed by atoms with Gasteiger partial charge < -0.3 is 0 Å². The predicted octanol–water partition coefficient (Wildman–Crippen LogP) is 7.87. The van der Waals surface area contributed by atoms with Gasteiger partial charge in [0.1, 0.15) is 0 Å². The molecule has 0 heterocycles. The first-order valence-corrected chi connectivity index (χ1v) is 10.7. The van der Waals surface area contributed by atoms with Gasteiger partial charge in [0.25, 0.3) is 0 Å². The summed E-state index contributed by atoms with van der Waals surface area (Å²) < 4.78 is -0.698. The van der Waals surface area contributed by atoms with Gasteiger partial charge in [0.15, 0.2) is 4.29 Å². The molecule has 21 heavy (non-hydrogen) atoms. The molecule has 0 aliphatic heterocycles. The van der Waals surface area contributed by atoms with Crippen molar-refractivity contribution < 1.29 is 0 Å². The molecule has 0 radical (unpaired) electrons. The maximum absolute atomic E-state index is 3.52. The minimum absolute atomic E-state index is 0.349. The second kappa shape index (κ2) is 7.47. The van der Waals surface area contributed by atoms with Crippen LogP contribution >= 0.6 is 95.6 Å². The Hall–Kier alpha value is 1.32. The number of halogens is 6. The normalized spacial score (nSPS) is 12.5. The molecule has 0 amide bonds. The smallest absolute Gasteiger partial charge is 0.0583 e. The van der Waals surface area contributed by atoms with E-state index in [1.54, 1.807) is 0 Å². The third-order valence-electron chi connectivity index (χ3n) is 2.97. The van der Waals surface area contributed by atoms with E-state index in [0.717, 1.165) is 17.5 Å². The lowest BCUT2D eigenvalue weighted by Crippen LogP contribution is -1.99. The lowest BCUT2D eigenvalue weighted by molar-refractivity contribution is 1.17. The average molecular weight is 670 g/mol. The second-order valence-electron chi connectivity index (χ2n) is 4.57. The van der Waals surface area contributed by atoms with Crippen molar-refractivity contribution in [2.75, 3.05) is 0 Å². The van der Waals surface area contributed by atoms with Crippen LogP contribution in [0.1, 0.15) is 22.3 Å². The topological polar surface area (TPSA) is 0 Å². The van der Waals surface area contributed by atoms with Crippen LogP contribution in [0.4, 0.5) is 0 Å². The van der Waals surface area contributed by atoms with Crippen molar-refractivity contribution in [3.05, 3.63) is 70.8 Å². The Morgan fingerprint density at radius 3 is 1.05 bits per heavy atom. The summed E-state index contributed by atoms with van der Waals surface area (Å²) in [6.45, 7) is 0. The van der Waals surface area contributed by atoms with E-state index in [9.17, 15) is 0 Å². The van der Waals surface area contributed by atoms with E-state index < -0.39 is 0 Å². The molecule has 0 saturated carbocycles. The number of hydrogen-bond donors (Lipinski definition) is 0.